The summed E-state index contributed by atoms with van der Waals surface area (Å²) in [4.78, 5) is 7.61. The van der Waals surface area contributed by atoms with Crippen molar-refractivity contribution in [2.24, 2.45) is 0 Å². The van der Waals surface area contributed by atoms with Gasteiger partial charge in [0.25, 0.3) is 10.0 Å². The largest absolute Gasteiger partial charge is 0.493 e. The van der Waals surface area contributed by atoms with E-state index in [0.29, 0.717) is 23.3 Å². The zero-order chi connectivity index (χ0) is 22.2. The van der Waals surface area contributed by atoms with Gasteiger partial charge in [0.05, 0.1) is 17.1 Å². The minimum atomic E-state index is -4.49. The van der Waals surface area contributed by atoms with E-state index in [-0.39, 0.29) is 28.4 Å². The second-order valence-electron chi connectivity index (χ2n) is 6.80. The van der Waals surface area contributed by atoms with Crippen LogP contribution < -0.4 is 9.46 Å². The maximum absolute atomic E-state index is 12.9. The Morgan fingerprint density at radius 3 is 2.45 bits per heavy atom. The van der Waals surface area contributed by atoms with Gasteiger partial charge in [-0.2, -0.15) is 13.2 Å². The van der Waals surface area contributed by atoms with E-state index in [1.165, 1.54) is 30.6 Å². The summed E-state index contributed by atoms with van der Waals surface area (Å²) < 4.78 is 72.0. The lowest BCUT2D eigenvalue weighted by molar-refractivity contribution is -0.137. The Morgan fingerprint density at radius 1 is 1.06 bits per heavy atom. The SMILES string of the molecule is O=S(=O)(Nc1ncccn1)c1ccc2c(c1)OCCC2c1ccc(C(F)(F)F)cc1Cl. The van der Waals surface area contributed by atoms with Crippen molar-refractivity contribution in [1.29, 1.82) is 0 Å². The van der Waals surface area contributed by atoms with Gasteiger partial charge in [0.15, 0.2) is 0 Å². The number of ether oxygens (including phenoxy) is 1. The molecule has 4 rings (SSSR count). The van der Waals surface area contributed by atoms with Gasteiger partial charge >= 0.3 is 6.18 Å². The van der Waals surface area contributed by atoms with Crippen LogP contribution in [-0.2, 0) is 16.2 Å². The number of hydrogen-bond donors (Lipinski definition) is 1. The smallest absolute Gasteiger partial charge is 0.416 e. The molecule has 2 aromatic carbocycles. The predicted octanol–water partition coefficient (Wildman–Crippen LogP) is 4.86. The van der Waals surface area contributed by atoms with Gasteiger partial charge in [-0.1, -0.05) is 23.7 Å². The van der Waals surface area contributed by atoms with Crippen LogP contribution in [-0.4, -0.2) is 25.0 Å². The number of nitrogens with zero attached hydrogens (tertiary/aromatic N) is 2. The first-order valence-electron chi connectivity index (χ1n) is 9.08. The lowest BCUT2D eigenvalue weighted by atomic mass is 9.86. The number of hydrogen-bond acceptors (Lipinski definition) is 5. The Labute approximate surface area is 181 Å². The molecule has 11 heteroatoms. The number of halogens is 4. The zero-order valence-electron chi connectivity index (χ0n) is 15.7. The van der Waals surface area contributed by atoms with E-state index < -0.39 is 21.8 Å². The quantitative estimate of drug-likeness (QED) is 0.590. The summed E-state index contributed by atoms with van der Waals surface area (Å²) in [5.41, 5.74) is 0.331. The number of rotatable bonds is 4. The summed E-state index contributed by atoms with van der Waals surface area (Å²) in [7, 11) is -3.97. The average Bonchev–Trinajstić information content (AvgIpc) is 2.73. The van der Waals surface area contributed by atoms with Crippen LogP contribution in [0.15, 0.2) is 59.8 Å². The summed E-state index contributed by atoms with van der Waals surface area (Å²) >= 11 is 6.17. The molecule has 0 aliphatic carbocycles. The molecule has 162 valence electrons. The normalized spacial score (nSPS) is 16.3. The third-order valence-corrected chi connectivity index (χ3v) is 6.48. The molecule has 1 N–H and O–H groups in total. The Kier molecular flexibility index (Phi) is 5.52. The molecule has 0 bridgehead atoms. The highest BCUT2D eigenvalue weighted by Crippen LogP contribution is 2.43. The molecule has 1 aliphatic rings. The van der Waals surface area contributed by atoms with Crippen molar-refractivity contribution in [3.63, 3.8) is 0 Å². The summed E-state index contributed by atoms with van der Waals surface area (Å²) in [5, 5.41) is -0.00716. The third kappa shape index (κ3) is 4.45. The highest BCUT2D eigenvalue weighted by Gasteiger charge is 2.33. The highest BCUT2D eigenvalue weighted by atomic mass is 35.5. The Balaban J connectivity index is 1.66. The number of sulfonamides is 1. The number of nitrogens with one attached hydrogen (secondary N) is 1. The first-order chi connectivity index (χ1) is 14.6. The number of benzene rings is 2. The third-order valence-electron chi connectivity index (χ3n) is 4.83. The Morgan fingerprint density at radius 2 is 1.77 bits per heavy atom. The molecule has 0 fully saturated rings. The molecule has 6 nitrogen and oxygen atoms in total. The topological polar surface area (TPSA) is 81.2 Å². The van der Waals surface area contributed by atoms with Gasteiger partial charge in [-0.25, -0.2) is 23.1 Å². The van der Waals surface area contributed by atoms with E-state index in [9.17, 15) is 21.6 Å². The summed E-state index contributed by atoms with van der Waals surface area (Å²) in [5.74, 6) is -0.0830. The molecule has 0 saturated heterocycles. The number of fused-ring (bicyclic) bond motifs is 1. The van der Waals surface area contributed by atoms with Crippen LogP contribution in [0.4, 0.5) is 19.1 Å². The van der Waals surface area contributed by atoms with Gasteiger partial charge in [-0.3, -0.25) is 0 Å². The maximum Gasteiger partial charge on any atom is 0.416 e. The molecule has 3 aromatic rings. The molecule has 31 heavy (non-hydrogen) atoms. The van der Waals surface area contributed by atoms with Crippen LogP contribution in [0.25, 0.3) is 0 Å². The van der Waals surface area contributed by atoms with E-state index in [1.54, 1.807) is 12.1 Å². The maximum atomic E-state index is 12.9. The fraction of sp³-hybridized carbons (Fsp3) is 0.200. The van der Waals surface area contributed by atoms with Crippen LogP contribution in [0.3, 0.4) is 0 Å². The van der Waals surface area contributed by atoms with Crippen molar-refractivity contribution >= 4 is 27.6 Å². The van der Waals surface area contributed by atoms with Gasteiger partial charge in [0.2, 0.25) is 5.95 Å². The van der Waals surface area contributed by atoms with E-state index >= 15 is 0 Å². The molecule has 0 amide bonds. The van der Waals surface area contributed by atoms with Crippen LogP contribution in [0.2, 0.25) is 5.02 Å². The fourth-order valence-corrected chi connectivity index (χ4v) is 4.66. The molecular formula is C20H15ClF3N3O3S. The molecule has 0 spiro atoms. The van der Waals surface area contributed by atoms with Crippen LogP contribution in [0.1, 0.15) is 29.0 Å². The van der Waals surface area contributed by atoms with E-state index in [0.717, 1.165) is 12.1 Å². The summed E-state index contributed by atoms with van der Waals surface area (Å²) in [6.07, 6.45) is -1.20. The van der Waals surface area contributed by atoms with Crippen molar-refractivity contribution in [3.8, 4) is 5.75 Å². The number of anilines is 1. The zero-order valence-corrected chi connectivity index (χ0v) is 17.3. The van der Waals surface area contributed by atoms with Crippen LogP contribution in [0, 0.1) is 0 Å². The van der Waals surface area contributed by atoms with Crippen LogP contribution >= 0.6 is 11.6 Å². The molecule has 1 aliphatic heterocycles. The first-order valence-corrected chi connectivity index (χ1v) is 10.9. The minimum absolute atomic E-state index is 0.00716. The number of alkyl halides is 3. The summed E-state index contributed by atoms with van der Waals surface area (Å²) in [6, 6.07) is 9.12. The van der Waals surface area contributed by atoms with Crippen LogP contribution in [0.5, 0.6) is 5.75 Å². The van der Waals surface area contributed by atoms with Gasteiger partial charge < -0.3 is 4.74 Å². The minimum Gasteiger partial charge on any atom is -0.493 e. The van der Waals surface area contributed by atoms with Gasteiger partial charge in [0.1, 0.15) is 5.75 Å². The highest BCUT2D eigenvalue weighted by molar-refractivity contribution is 7.92. The van der Waals surface area contributed by atoms with Gasteiger partial charge in [-0.05, 0) is 36.2 Å². The van der Waals surface area contributed by atoms with Crippen molar-refractivity contribution in [2.75, 3.05) is 11.3 Å². The van der Waals surface area contributed by atoms with E-state index in [4.69, 9.17) is 16.3 Å². The van der Waals surface area contributed by atoms with Gasteiger partial charge in [-0.15, -0.1) is 0 Å². The standard InChI is InChI=1S/C20H15ClF3N3O3S/c21-17-10-12(20(22,23)24)2-4-15(17)14-6-9-30-18-11-13(3-5-16(14)18)31(28,29)27-19-25-7-1-8-26-19/h1-5,7-8,10-11,14H,6,9H2,(H,25,26,27). The van der Waals surface area contributed by atoms with Crippen molar-refractivity contribution in [2.45, 2.75) is 23.4 Å². The Bertz CT molecular complexity index is 1220. The van der Waals surface area contributed by atoms with E-state index in [1.807, 2.05) is 0 Å². The molecule has 1 atom stereocenters. The molecule has 1 aromatic heterocycles. The molecule has 0 radical (unpaired) electrons. The van der Waals surface area contributed by atoms with Crippen molar-refractivity contribution in [1.82, 2.24) is 9.97 Å². The van der Waals surface area contributed by atoms with E-state index in [2.05, 4.69) is 14.7 Å². The molecule has 2 heterocycles. The Hall–Kier alpha value is -2.85. The lowest BCUT2D eigenvalue weighted by Gasteiger charge is -2.27. The molecule has 1 unspecified atom stereocenters. The predicted molar refractivity (Wildman–Crippen MR) is 108 cm³/mol. The van der Waals surface area contributed by atoms with Gasteiger partial charge in [0, 0.05) is 35.0 Å². The lowest BCUT2D eigenvalue weighted by Crippen LogP contribution is -2.18. The second kappa shape index (κ2) is 8.01. The van der Waals surface area contributed by atoms with Crippen molar-refractivity contribution in [3.05, 3.63) is 76.6 Å². The summed E-state index contributed by atoms with van der Waals surface area (Å²) in [6.45, 7) is 0.258. The molecule has 0 saturated carbocycles. The fourth-order valence-electron chi connectivity index (χ4n) is 3.38. The first kappa shape index (κ1) is 21.4. The molecular weight excluding hydrogens is 455 g/mol. The average molecular weight is 470 g/mol. The second-order valence-corrected chi connectivity index (χ2v) is 8.89. The van der Waals surface area contributed by atoms with Crippen molar-refractivity contribution < 1.29 is 26.3 Å². The number of aromatic nitrogens is 2. The monoisotopic (exact) mass is 469 g/mol.